The third-order valence-corrected chi connectivity index (χ3v) is 5.91. The Bertz CT molecular complexity index is 862. The quantitative estimate of drug-likeness (QED) is 0.826. The molecular formula is C20H21BrN2O3. The number of likely N-dealkylation sites (tertiary alicyclic amines) is 1. The maximum atomic E-state index is 13.2. The summed E-state index contributed by atoms with van der Waals surface area (Å²) in [5, 5.41) is 2.88. The van der Waals surface area contributed by atoms with Crippen LogP contribution in [0, 0.1) is 0 Å². The van der Waals surface area contributed by atoms with Gasteiger partial charge in [0.25, 0.3) is 5.91 Å². The van der Waals surface area contributed by atoms with Gasteiger partial charge in [0.2, 0.25) is 5.91 Å². The summed E-state index contributed by atoms with van der Waals surface area (Å²) in [6, 6.07) is 11.7. The second-order valence-corrected chi connectivity index (χ2v) is 8.03. The third-order valence-electron chi connectivity index (χ3n) is 5.49. The Morgan fingerprint density at radius 3 is 2.88 bits per heavy atom. The van der Waals surface area contributed by atoms with Crippen molar-refractivity contribution in [2.45, 2.75) is 44.2 Å². The molecule has 136 valence electrons. The van der Waals surface area contributed by atoms with Crippen molar-refractivity contribution in [1.29, 1.82) is 0 Å². The van der Waals surface area contributed by atoms with Crippen molar-refractivity contribution in [1.82, 2.24) is 10.2 Å². The van der Waals surface area contributed by atoms with Crippen LogP contribution in [0.5, 0.6) is 0 Å². The summed E-state index contributed by atoms with van der Waals surface area (Å²) in [6.07, 6.45) is 3.71. The summed E-state index contributed by atoms with van der Waals surface area (Å²) in [5.74, 6) is -0.178. The van der Waals surface area contributed by atoms with E-state index < -0.39 is 5.54 Å². The molecule has 2 heterocycles. The minimum atomic E-state index is -0.900. The van der Waals surface area contributed by atoms with Crippen LogP contribution >= 0.6 is 15.9 Å². The van der Waals surface area contributed by atoms with Crippen LogP contribution in [0.15, 0.2) is 45.5 Å². The molecule has 0 radical (unpaired) electrons. The molecular weight excluding hydrogens is 396 g/mol. The highest BCUT2D eigenvalue weighted by Gasteiger charge is 2.47. The van der Waals surface area contributed by atoms with E-state index in [0.29, 0.717) is 17.6 Å². The number of benzene rings is 1. The number of halogens is 1. The Labute approximate surface area is 160 Å². The van der Waals surface area contributed by atoms with E-state index in [1.165, 1.54) is 11.1 Å². The van der Waals surface area contributed by atoms with E-state index in [9.17, 15) is 9.59 Å². The molecule has 2 aliphatic rings. The van der Waals surface area contributed by atoms with Gasteiger partial charge < -0.3 is 14.6 Å². The Morgan fingerprint density at radius 1 is 1.31 bits per heavy atom. The second kappa shape index (κ2) is 6.58. The molecule has 26 heavy (non-hydrogen) atoms. The number of fused-ring (bicyclic) bond motifs is 1. The van der Waals surface area contributed by atoms with Crippen LogP contribution in [-0.4, -0.2) is 28.8 Å². The summed E-state index contributed by atoms with van der Waals surface area (Å²) in [6.45, 7) is 2.45. The Hall–Kier alpha value is -2.08. The fourth-order valence-electron chi connectivity index (χ4n) is 4.08. The SMILES string of the molecule is CC1(NC(=O)c2ccc(Br)o2)CCN(C2CCCc3ccccc32)C1=O. The monoisotopic (exact) mass is 416 g/mol. The number of nitrogens with zero attached hydrogens (tertiary/aromatic N) is 1. The summed E-state index contributed by atoms with van der Waals surface area (Å²) < 4.78 is 5.80. The van der Waals surface area contributed by atoms with Gasteiger partial charge in [-0.05, 0) is 71.8 Å². The van der Waals surface area contributed by atoms with Crippen molar-refractivity contribution in [2.24, 2.45) is 0 Å². The predicted molar refractivity (Wildman–Crippen MR) is 101 cm³/mol. The van der Waals surface area contributed by atoms with Gasteiger partial charge in [-0.25, -0.2) is 0 Å². The van der Waals surface area contributed by atoms with E-state index in [2.05, 4.69) is 39.4 Å². The van der Waals surface area contributed by atoms with E-state index in [0.717, 1.165) is 19.3 Å². The normalized spacial score (nSPS) is 25.2. The molecule has 1 N–H and O–H groups in total. The van der Waals surface area contributed by atoms with Gasteiger partial charge in [0, 0.05) is 6.54 Å². The lowest BCUT2D eigenvalue weighted by Gasteiger charge is -2.34. The van der Waals surface area contributed by atoms with Crippen LogP contribution in [-0.2, 0) is 11.2 Å². The van der Waals surface area contributed by atoms with Gasteiger partial charge in [0.15, 0.2) is 10.4 Å². The number of hydrogen-bond acceptors (Lipinski definition) is 3. The van der Waals surface area contributed by atoms with Gasteiger partial charge >= 0.3 is 0 Å². The maximum absolute atomic E-state index is 13.2. The number of hydrogen-bond donors (Lipinski definition) is 1. The largest absolute Gasteiger partial charge is 0.444 e. The summed E-state index contributed by atoms with van der Waals surface area (Å²) in [7, 11) is 0. The predicted octanol–water partition coefficient (Wildman–Crippen LogP) is 3.84. The molecule has 1 aliphatic heterocycles. The van der Waals surface area contributed by atoms with Gasteiger partial charge in [-0.1, -0.05) is 24.3 Å². The first kappa shape index (κ1) is 17.3. The van der Waals surface area contributed by atoms with Crippen molar-refractivity contribution >= 4 is 27.7 Å². The molecule has 1 aromatic heterocycles. The third kappa shape index (κ3) is 2.96. The van der Waals surface area contributed by atoms with Crippen molar-refractivity contribution in [3.63, 3.8) is 0 Å². The number of aryl methyl sites for hydroxylation is 1. The summed E-state index contributed by atoms with van der Waals surface area (Å²) >= 11 is 3.19. The number of rotatable bonds is 3. The van der Waals surface area contributed by atoms with Crippen LogP contribution in [0.3, 0.4) is 0 Å². The molecule has 0 spiro atoms. The van der Waals surface area contributed by atoms with Gasteiger partial charge in [-0.2, -0.15) is 0 Å². The van der Waals surface area contributed by atoms with Crippen molar-refractivity contribution in [3.8, 4) is 0 Å². The Balaban J connectivity index is 1.54. The standard InChI is InChI=1S/C20H21BrN2O3/c1-20(22-18(24)16-9-10-17(21)26-16)11-12-23(19(20)25)15-8-4-6-13-5-2-3-7-14(13)15/h2-3,5,7,9-10,15H,4,6,8,11-12H2,1H3,(H,22,24). The van der Waals surface area contributed by atoms with Crippen LogP contribution in [0.25, 0.3) is 0 Å². The minimum Gasteiger partial charge on any atom is -0.444 e. The number of carbonyl (C=O) groups is 2. The zero-order valence-corrected chi connectivity index (χ0v) is 16.2. The first-order valence-corrected chi connectivity index (χ1v) is 9.74. The number of carbonyl (C=O) groups excluding carboxylic acids is 2. The molecule has 2 aromatic rings. The van der Waals surface area contributed by atoms with E-state index in [1.807, 2.05) is 11.0 Å². The maximum Gasteiger partial charge on any atom is 0.287 e. The topological polar surface area (TPSA) is 62.6 Å². The van der Waals surface area contributed by atoms with Crippen LogP contribution in [0.2, 0.25) is 0 Å². The van der Waals surface area contributed by atoms with Crippen LogP contribution in [0.4, 0.5) is 0 Å². The fourth-order valence-corrected chi connectivity index (χ4v) is 4.39. The lowest BCUT2D eigenvalue weighted by molar-refractivity contribution is -0.134. The van der Waals surface area contributed by atoms with E-state index in [-0.39, 0.29) is 23.6 Å². The minimum absolute atomic E-state index is 0.0156. The zero-order valence-electron chi connectivity index (χ0n) is 14.6. The highest BCUT2D eigenvalue weighted by atomic mass is 79.9. The molecule has 0 saturated carbocycles. The fraction of sp³-hybridized carbons (Fsp3) is 0.400. The van der Waals surface area contributed by atoms with Crippen LogP contribution in [0.1, 0.15) is 53.9 Å². The van der Waals surface area contributed by atoms with Gasteiger partial charge in [-0.3, -0.25) is 9.59 Å². The van der Waals surface area contributed by atoms with Crippen LogP contribution < -0.4 is 5.32 Å². The highest BCUT2D eigenvalue weighted by molar-refractivity contribution is 9.10. The van der Waals surface area contributed by atoms with Gasteiger partial charge in [0.05, 0.1) is 6.04 Å². The number of amides is 2. The van der Waals surface area contributed by atoms with Crippen molar-refractivity contribution in [2.75, 3.05) is 6.54 Å². The molecule has 0 bridgehead atoms. The molecule has 2 amide bonds. The molecule has 5 nitrogen and oxygen atoms in total. The Kier molecular flexibility index (Phi) is 4.39. The molecule has 1 aliphatic carbocycles. The lowest BCUT2D eigenvalue weighted by atomic mass is 9.87. The molecule has 1 aromatic carbocycles. The first-order chi connectivity index (χ1) is 12.5. The molecule has 2 unspecified atom stereocenters. The molecule has 1 saturated heterocycles. The van der Waals surface area contributed by atoms with E-state index in [4.69, 9.17) is 4.42 Å². The molecule has 6 heteroatoms. The van der Waals surface area contributed by atoms with E-state index in [1.54, 1.807) is 19.1 Å². The first-order valence-electron chi connectivity index (χ1n) is 8.95. The lowest BCUT2D eigenvalue weighted by Crippen LogP contribution is -2.52. The molecule has 2 atom stereocenters. The molecule has 1 fully saturated rings. The van der Waals surface area contributed by atoms with Gasteiger partial charge in [0.1, 0.15) is 5.54 Å². The highest BCUT2D eigenvalue weighted by Crippen LogP contribution is 2.38. The number of furan rings is 1. The zero-order chi connectivity index (χ0) is 18.3. The second-order valence-electron chi connectivity index (χ2n) is 7.25. The average Bonchev–Trinajstić information content (AvgIpc) is 3.19. The number of nitrogens with one attached hydrogen (secondary N) is 1. The molecule has 4 rings (SSSR count). The van der Waals surface area contributed by atoms with Gasteiger partial charge in [-0.15, -0.1) is 0 Å². The van der Waals surface area contributed by atoms with E-state index >= 15 is 0 Å². The summed E-state index contributed by atoms with van der Waals surface area (Å²) in [5.41, 5.74) is 1.68. The van der Waals surface area contributed by atoms with Crippen molar-refractivity contribution < 1.29 is 14.0 Å². The Morgan fingerprint density at radius 2 is 2.12 bits per heavy atom. The summed E-state index contributed by atoms with van der Waals surface area (Å²) in [4.78, 5) is 27.6. The smallest absolute Gasteiger partial charge is 0.287 e. The average molecular weight is 417 g/mol. The van der Waals surface area contributed by atoms with Crippen molar-refractivity contribution in [3.05, 3.63) is 58.0 Å².